The minimum absolute atomic E-state index is 0.0696. The molecule has 1 aliphatic heterocycles. The highest BCUT2D eigenvalue weighted by Gasteiger charge is 2.30. The molecule has 0 N–H and O–H groups in total. The van der Waals surface area contributed by atoms with Gasteiger partial charge in [0.1, 0.15) is 0 Å². The molecule has 0 aromatic heterocycles. The third-order valence-corrected chi connectivity index (χ3v) is 6.98. The van der Waals surface area contributed by atoms with Crippen molar-refractivity contribution >= 4 is 37.5 Å². The van der Waals surface area contributed by atoms with Gasteiger partial charge in [0, 0.05) is 56.0 Å². The minimum Gasteiger partial charge on any atom is -0.378 e. The van der Waals surface area contributed by atoms with Crippen molar-refractivity contribution in [3.05, 3.63) is 58.6 Å². The molecule has 1 heterocycles. The number of carbonyl (C=O) groups excluding carboxylic acids is 1. The van der Waals surface area contributed by atoms with Gasteiger partial charge in [0.2, 0.25) is 10.0 Å². The molecule has 2 aromatic carbocycles. The van der Waals surface area contributed by atoms with Crippen LogP contribution in [0.1, 0.15) is 10.4 Å². The van der Waals surface area contributed by atoms with Crippen LogP contribution in [-0.2, 0) is 10.0 Å². The molecule has 3 rings (SSSR count). The molecule has 8 heteroatoms. The molecule has 0 bridgehead atoms. The van der Waals surface area contributed by atoms with Gasteiger partial charge in [-0.25, -0.2) is 8.42 Å². The zero-order valence-electron chi connectivity index (χ0n) is 15.3. The highest BCUT2D eigenvalue weighted by Crippen LogP contribution is 2.22. The first kappa shape index (κ1) is 19.9. The zero-order chi connectivity index (χ0) is 19.6. The van der Waals surface area contributed by atoms with E-state index in [-0.39, 0.29) is 23.9 Å². The number of anilines is 1. The molecule has 0 radical (unpaired) electrons. The van der Waals surface area contributed by atoms with Crippen molar-refractivity contribution in [1.29, 1.82) is 0 Å². The third kappa shape index (κ3) is 4.34. The van der Waals surface area contributed by atoms with E-state index in [1.54, 1.807) is 29.2 Å². The van der Waals surface area contributed by atoms with E-state index in [1.165, 1.54) is 4.31 Å². The number of piperazine rings is 1. The van der Waals surface area contributed by atoms with Crippen LogP contribution in [-0.4, -0.2) is 63.8 Å². The molecular weight excluding hydrogens is 430 g/mol. The normalized spacial score (nSPS) is 15.6. The Morgan fingerprint density at radius 2 is 1.63 bits per heavy atom. The first-order valence-corrected chi connectivity index (χ1v) is 10.8. The van der Waals surface area contributed by atoms with Crippen LogP contribution in [0.4, 0.5) is 5.69 Å². The summed E-state index contributed by atoms with van der Waals surface area (Å²) in [4.78, 5) is 16.6. The summed E-state index contributed by atoms with van der Waals surface area (Å²) in [5.74, 6) is -0.0696. The van der Waals surface area contributed by atoms with Crippen LogP contribution in [0.5, 0.6) is 0 Å². The van der Waals surface area contributed by atoms with Gasteiger partial charge < -0.3 is 9.80 Å². The number of nitrogens with zero attached hydrogens (tertiary/aromatic N) is 3. The maximum absolute atomic E-state index is 12.8. The van der Waals surface area contributed by atoms with E-state index < -0.39 is 10.0 Å². The standard InChI is InChI=1S/C19H22BrN3O3S/c1-21(2)17-8-6-15(7-9-17)19(24)22-10-12-23(13-11-22)27(25,26)18-5-3-4-16(20)14-18/h3-9,14H,10-13H2,1-2H3. The zero-order valence-corrected chi connectivity index (χ0v) is 17.7. The summed E-state index contributed by atoms with van der Waals surface area (Å²) >= 11 is 3.31. The van der Waals surface area contributed by atoms with Gasteiger partial charge in [-0.2, -0.15) is 4.31 Å². The Labute approximate surface area is 168 Å². The van der Waals surface area contributed by atoms with Crippen LogP contribution in [0.3, 0.4) is 0 Å². The second-order valence-electron chi connectivity index (χ2n) is 6.59. The van der Waals surface area contributed by atoms with Gasteiger partial charge in [-0.3, -0.25) is 4.79 Å². The van der Waals surface area contributed by atoms with Crippen molar-refractivity contribution in [3.63, 3.8) is 0 Å². The maximum Gasteiger partial charge on any atom is 0.253 e. The summed E-state index contributed by atoms with van der Waals surface area (Å²) < 4.78 is 27.7. The molecule has 1 saturated heterocycles. The third-order valence-electron chi connectivity index (χ3n) is 4.59. The van der Waals surface area contributed by atoms with E-state index in [2.05, 4.69) is 15.9 Å². The Hall–Kier alpha value is -1.90. The minimum atomic E-state index is -3.55. The van der Waals surface area contributed by atoms with E-state index >= 15 is 0 Å². The lowest BCUT2D eigenvalue weighted by Gasteiger charge is -2.34. The molecule has 6 nitrogen and oxygen atoms in total. The lowest BCUT2D eigenvalue weighted by Crippen LogP contribution is -2.50. The number of halogens is 1. The lowest BCUT2D eigenvalue weighted by atomic mass is 10.1. The van der Waals surface area contributed by atoms with Gasteiger partial charge in [0.05, 0.1) is 4.90 Å². The molecule has 0 spiro atoms. The smallest absolute Gasteiger partial charge is 0.253 e. The molecule has 0 unspecified atom stereocenters. The van der Waals surface area contributed by atoms with Crippen LogP contribution in [0.15, 0.2) is 57.9 Å². The molecule has 144 valence electrons. The van der Waals surface area contributed by atoms with Gasteiger partial charge in [0.15, 0.2) is 0 Å². The average molecular weight is 452 g/mol. The largest absolute Gasteiger partial charge is 0.378 e. The van der Waals surface area contributed by atoms with Gasteiger partial charge in [0.25, 0.3) is 5.91 Å². The van der Waals surface area contributed by atoms with Crippen molar-refractivity contribution in [2.24, 2.45) is 0 Å². The van der Waals surface area contributed by atoms with Crippen molar-refractivity contribution in [1.82, 2.24) is 9.21 Å². The van der Waals surface area contributed by atoms with Gasteiger partial charge in [-0.05, 0) is 42.5 Å². The van der Waals surface area contributed by atoms with Gasteiger partial charge >= 0.3 is 0 Å². The van der Waals surface area contributed by atoms with Crippen molar-refractivity contribution in [2.75, 3.05) is 45.2 Å². The number of amides is 1. The predicted molar refractivity (Wildman–Crippen MR) is 110 cm³/mol. The lowest BCUT2D eigenvalue weighted by molar-refractivity contribution is 0.0698. The fraction of sp³-hybridized carbons (Fsp3) is 0.316. The number of sulfonamides is 1. The summed E-state index contributed by atoms with van der Waals surface area (Å²) in [6, 6.07) is 14.1. The quantitative estimate of drug-likeness (QED) is 0.716. The summed E-state index contributed by atoms with van der Waals surface area (Å²) in [6.07, 6.45) is 0. The molecule has 2 aromatic rings. The number of hydrogen-bond acceptors (Lipinski definition) is 4. The fourth-order valence-corrected chi connectivity index (χ4v) is 5.01. The highest BCUT2D eigenvalue weighted by atomic mass is 79.9. The predicted octanol–water partition coefficient (Wildman–Crippen LogP) is 2.66. The van der Waals surface area contributed by atoms with E-state index in [1.807, 2.05) is 43.3 Å². The maximum atomic E-state index is 12.8. The Bertz CT molecular complexity index is 921. The molecule has 1 fully saturated rings. The summed E-state index contributed by atoms with van der Waals surface area (Å²) in [7, 11) is 0.339. The molecule has 1 aliphatic rings. The topological polar surface area (TPSA) is 60.9 Å². The molecular formula is C19H22BrN3O3S. The number of carbonyl (C=O) groups is 1. The number of benzene rings is 2. The second kappa shape index (κ2) is 8.00. The molecule has 27 heavy (non-hydrogen) atoms. The Morgan fingerprint density at radius 1 is 1.00 bits per heavy atom. The molecule has 0 atom stereocenters. The SMILES string of the molecule is CN(C)c1ccc(C(=O)N2CCN(S(=O)(=O)c3cccc(Br)c3)CC2)cc1. The van der Waals surface area contributed by atoms with Crippen LogP contribution in [0.25, 0.3) is 0 Å². The Balaban J connectivity index is 1.67. The van der Waals surface area contributed by atoms with E-state index in [0.29, 0.717) is 18.7 Å². The van der Waals surface area contributed by atoms with Gasteiger partial charge in [-0.1, -0.05) is 22.0 Å². The number of rotatable bonds is 4. The van der Waals surface area contributed by atoms with E-state index in [9.17, 15) is 13.2 Å². The van der Waals surface area contributed by atoms with E-state index in [0.717, 1.165) is 10.2 Å². The monoisotopic (exact) mass is 451 g/mol. The first-order chi connectivity index (χ1) is 12.8. The summed E-state index contributed by atoms with van der Waals surface area (Å²) in [6.45, 7) is 1.33. The van der Waals surface area contributed by atoms with Crippen molar-refractivity contribution < 1.29 is 13.2 Å². The van der Waals surface area contributed by atoms with Crippen LogP contribution in [0.2, 0.25) is 0 Å². The van der Waals surface area contributed by atoms with Crippen LogP contribution < -0.4 is 4.90 Å². The average Bonchev–Trinajstić information content (AvgIpc) is 2.67. The number of hydrogen-bond donors (Lipinski definition) is 0. The second-order valence-corrected chi connectivity index (χ2v) is 9.45. The summed E-state index contributed by atoms with van der Waals surface area (Å²) in [5, 5.41) is 0. The molecule has 0 saturated carbocycles. The van der Waals surface area contributed by atoms with Crippen molar-refractivity contribution in [3.8, 4) is 0 Å². The van der Waals surface area contributed by atoms with Gasteiger partial charge in [-0.15, -0.1) is 0 Å². The Morgan fingerprint density at radius 3 is 2.19 bits per heavy atom. The highest BCUT2D eigenvalue weighted by molar-refractivity contribution is 9.10. The Kier molecular flexibility index (Phi) is 5.88. The first-order valence-electron chi connectivity index (χ1n) is 8.61. The van der Waals surface area contributed by atoms with E-state index in [4.69, 9.17) is 0 Å². The summed E-state index contributed by atoms with van der Waals surface area (Å²) in [5.41, 5.74) is 1.64. The van der Waals surface area contributed by atoms with Crippen LogP contribution in [0, 0.1) is 0 Å². The van der Waals surface area contributed by atoms with Crippen LogP contribution >= 0.6 is 15.9 Å². The fourth-order valence-electron chi connectivity index (χ4n) is 2.99. The van der Waals surface area contributed by atoms with Crippen molar-refractivity contribution in [2.45, 2.75) is 4.90 Å². The molecule has 0 aliphatic carbocycles. The molecule has 1 amide bonds.